The summed E-state index contributed by atoms with van der Waals surface area (Å²) in [6.45, 7) is 1.48. The Balaban J connectivity index is 1.25. The van der Waals surface area contributed by atoms with Crippen LogP contribution in [0.5, 0.6) is 0 Å². The van der Waals surface area contributed by atoms with E-state index < -0.39 is 11.6 Å². The van der Waals surface area contributed by atoms with Crippen molar-refractivity contribution in [3.05, 3.63) is 105 Å². The number of benzene rings is 2. The molecule has 4 heterocycles. The Labute approximate surface area is 216 Å². The van der Waals surface area contributed by atoms with Crippen LogP contribution in [-0.2, 0) is 13.0 Å². The highest BCUT2D eigenvalue weighted by molar-refractivity contribution is 5.94. The van der Waals surface area contributed by atoms with Crippen LogP contribution < -0.4 is 5.56 Å². The Morgan fingerprint density at radius 2 is 1.61 bits per heavy atom. The minimum absolute atomic E-state index is 0.0366. The second-order valence-corrected chi connectivity index (χ2v) is 9.84. The number of carbonyl (C=O) groups excluding carboxylic acids is 2. The summed E-state index contributed by atoms with van der Waals surface area (Å²) in [5.41, 5.74) is 2.62. The Bertz CT molecular complexity index is 1630. The molecule has 2 aliphatic heterocycles. The van der Waals surface area contributed by atoms with Crippen molar-refractivity contribution in [3.63, 3.8) is 0 Å². The number of halogens is 2. The molecular weight excluding hydrogens is 492 g/mol. The minimum Gasteiger partial charge on any atom is -0.338 e. The zero-order valence-corrected chi connectivity index (χ0v) is 20.5. The van der Waals surface area contributed by atoms with Crippen molar-refractivity contribution in [2.75, 3.05) is 19.6 Å². The largest absolute Gasteiger partial charge is 0.338 e. The maximum absolute atomic E-state index is 13.6. The van der Waals surface area contributed by atoms with E-state index in [-0.39, 0.29) is 35.4 Å². The number of aromatic amines is 1. The van der Waals surface area contributed by atoms with Crippen LogP contribution in [0.15, 0.2) is 59.4 Å². The first-order chi connectivity index (χ1) is 18.4. The highest BCUT2D eigenvalue weighted by atomic mass is 19.1. The monoisotopic (exact) mass is 517 g/mol. The minimum atomic E-state index is -0.491. The predicted molar refractivity (Wildman–Crippen MR) is 135 cm³/mol. The Morgan fingerprint density at radius 1 is 0.921 bits per heavy atom. The number of hydrogen-bond acceptors (Lipinski definition) is 4. The highest BCUT2D eigenvalue weighted by Gasteiger charge is 2.29. The first kappa shape index (κ1) is 24.0. The molecule has 2 amide bonds. The third-order valence-corrected chi connectivity index (χ3v) is 7.36. The van der Waals surface area contributed by atoms with Gasteiger partial charge in [-0.1, -0.05) is 12.1 Å². The number of amides is 2. The molecule has 2 aromatic heterocycles. The molecule has 2 aromatic carbocycles. The van der Waals surface area contributed by atoms with E-state index in [0.29, 0.717) is 48.5 Å². The van der Waals surface area contributed by atoms with Crippen LogP contribution in [0.4, 0.5) is 8.78 Å². The molecule has 0 unspecified atom stereocenters. The molecule has 4 aromatic rings. The van der Waals surface area contributed by atoms with Crippen molar-refractivity contribution >= 4 is 17.5 Å². The number of piperidine rings is 1. The first-order valence-electron chi connectivity index (χ1n) is 12.6. The third kappa shape index (κ3) is 4.36. The van der Waals surface area contributed by atoms with Crippen molar-refractivity contribution < 1.29 is 18.4 Å². The predicted octanol–water partition coefficient (Wildman–Crippen LogP) is 3.52. The molecule has 0 saturated carbocycles. The number of rotatable bonds is 3. The molecule has 1 N–H and O–H groups in total. The van der Waals surface area contributed by atoms with Gasteiger partial charge in [0, 0.05) is 54.9 Å². The van der Waals surface area contributed by atoms with E-state index in [2.05, 4.69) is 5.10 Å². The van der Waals surface area contributed by atoms with Gasteiger partial charge in [-0.2, -0.15) is 0 Å². The summed E-state index contributed by atoms with van der Waals surface area (Å²) < 4.78 is 28.6. The fourth-order valence-corrected chi connectivity index (χ4v) is 5.41. The molecule has 10 heteroatoms. The number of aromatic nitrogens is 3. The van der Waals surface area contributed by atoms with Gasteiger partial charge in [-0.3, -0.25) is 19.5 Å². The van der Waals surface area contributed by atoms with E-state index in [9.17, 15) is 23.2 Å². The number of nitrogens with zero attached hydrogens (tertiary/aromatic N) is 4. The van der Waals surface area contributed by atoms with E-state index in [4.69, 9.17) is 4.98 Å². The Hall–Kier alpha value is -4.34. The third-order valence-electron chi connectivity index (χ3n) is 7.36. The molecule has 194 valence electrons. The smallest absolute Gasteiger partial charge is 0.277 e. The lowest BCUT2D eigenvalue weighted by atomic mass is 9.94. The van der Waals surface area contributed by atoms with Gasteiger partial charge in [-0.05, 0) is 49.2 Å². The number of H-pyrrole nitrogens is 1. The van der Waals surface area contributed by atoms with Crippen LogP contribution in [0.1, 0.15) is 56.4 Å². The number of likely N-dealkylation sites (tertiary alicyclic amines) is 1. The lowest BCUT2D eigenvalue weighted by molar-refractivity contribution is 0.0703. The lowest BCUT2D eigenvalue weighted by Gasteiger charge is -2.32. The average Bonchev–Trinajstić information content (AvgIpc) is 3.37. The second kappa shape index (κ2) is 9.51. The zero-order chi connectivity index (χ0) is 26.4. The summed E-state index contributed by atoms with van der Waals surface area (Å²) in [6.07, 6.45) is 2.02. The molecule has 6 rings (SSSR count). The van der Waals surface area contributed by atoms with Crippen molar-refractivity contribution in [1.82, 2.24) is 24.4 Å². The Kier molecular flexibility index (Phi) is 6.01. The van der Waals surface area contributed by atoms with Crippen LogP contribution in [-0.4, -0.2) is 55.8 Å². The second-order valence-electron chi connectivity index (χ2n) is 9.84. The first-order valence-corrected chi connectivity index (χ1v) is 12.6. The molecule has 1 saturated heterocycles. The van der Waals surface area contributed by atoms with E-state index in [1.54, 1.807) is 17.0 Å². The fraction of sp³-hybridized carbons (Fsp3) is 0.286. The van der Waals surface area contributed by atoms with E-state index in [1.807, 2.05) is 6.07 Å². The van der Waals surface area contributed by atoms with Gasteiger partial charge in [0.2, 0.25) is 0 Å². The SMILES string of the molecule is O=C(c1cccc(F)c1)N1CCc2nc3cc([C@H]4CCCN(C(=O)c5cccc(F)c5)C4)[nH]n3c(=O)c2C1. The highest BCUT2D eigenvalue weighted by Crippen LogP contribution is 2.28. The van der Waals surface area contributed by atoms with Crippen molar-refractivity contribution in [2.24, 2.45) is 0 Å². The topological polar surface area (TPSA) is 90.8 Å². The normalized spacial score (nSPS) is 17.5. The molecule has 8 nitrogen and oxygen atoms in total. The number of nitrogens with one attached hydrogen (secondary N) is 1. The standard InChI is InChI=1S/C28H25F2N5O3/c29-20-7-1-4-17(12-20)26(36)33-10-3-6-19(15-33)24-14-25-31-23-9-11-34(16-22(23)28(38)35(25)32-24)27(37)18-5-2-8-21(30)13-18/h1-2,4-5,7-8,12-14,19,32H,3,6,9-11,15-16H2/t19-/m0/s1. The number of carbonyl (C=O) groups is 2. The van der Waals surface area contributed by atoms with Gasteiger partial charge in [0.05, 0.1) is 17.8 Å². The molecule has 2 aliphatic rings. The molecule has 0 spiro atoms. The van der Waals surface area contributed by atoms with E-state index in [1.165, 1.54) is 45.8 Å². The molecular formula is C28H25F2N5O3. The average molecular weight is 518 g/mol. The van der Waals surface area contributed by atoms with Gasteiger partial charge >= 0.3 is 0 Å². The molecule has 1 fully saturated rings. The van der Waals surface area contributed by atoms with Gasteiger partial charge in [0.25, 0.3) is 17.4 Å². The summed E-state index contributed by atoms with van der Waals surface area (Å²) >= 11 is 0. The van der Waals surface area contributed by atoms with Crippen LogP contribution in [0, 0.1) is 11.6 Å². The molecule has 0 aliphatic carbocycles. The maximum Gasteiger partial charge on any atom is 0.277 e. The van der Waals surface area contributed by atoms with E-state index in [0.717, 1.165) is 18.5 Å². The Morgan fingerprint density at radius 3 is 2.29 bits per heavy atom. The molecule has 0 bridgehead atoms. The fourth-order valence-electron chi connectivity index (χ4n) is 5.41. The van der Waals surface area contributed by atoms with Gasteiger partial charge in [0.1, 0.15) is 11.6 Å². The van der Waals surface area contributed by atoms with Crippen LogP contribution in [0.3, 0.4) is 0 Å². The molecule has 38 heavy (non-hydrogen) atoms. The quantitative estimate of drug-likeness (QED) is 0.450. The molecule has 0 radical (unpaired) electrons. The summed E-state index contributed by atoms with van der Waals surface area (Å²) in [5, 5.41) is 3.17. The summed E-state index contributed by atoms with van der Waals surface area (Å²) in [6, 6.07) is 13.0. The van der Waals surface area contributed by atoms with Crippen molar-refractivity contribution in [1.29, 1.82) is 0 Å². The maximum atomic E-state index is 13.6. The van der Waals surface area contributed by atoms with Gasteiger partial charge in [-0.15, -0.1) is 0 Å². The summed E-state index contributed by atoms with van der Waals surface area (Å²) in [5.74, 6) is -1.54. The number of fused-ring (bicyclic) bond motifs is 2. The zero-order valence-electron chi connectivity index (χ0n) is 20.5. The van der Waals surface area contributed by atoms with Crippen LogP contribution in [0.2, 0.25) is 0 Å². The van der Waals surface area contributed by atoms with Crippen LogP contribution in [0.25, 0.3) is 5.65 Å². The van der Waals surface area contributed by atoms with Crippen molar-refractivity contribution in [3.8, 4) is 0 Å². The van der Waals surface area contributed by atoms with Gasteiger partial charge in [-0.25, -0.2) is 18.3 Å². The van der Waals surface area contributed by atoms with Crippen molar-refractivity contribution in [2.45, 2.75) is 31.7 Å². The van der Waals surface area contributed by atoms with Gasteiger partial charge in [0.15, 0.2) is 5.65 Å². The summed E-state index contributed by atoms with van der Waals surface area (Å²) in [4.78, 5) is 47.2. The van der Waals surface area contributed by atoms with Gasteiger partial charge < -0.3 is 9.80 Å². The van der Waals surface area contributed by atoms with Crippen LogP contribution >= 0.6 is 0 Å². The molecule has 1 atom stereocenters. The van der Waals surface area contributed by atoms with E-state index >= 15 is 0 Å². The summed E-state index contributed by atoms with van der Waals surface area (Å²) in [7, 11) is 0. The lowest BCUT2D eigenvalue weighted by Crippen LogP contribution is -2.40. The number of hydrogen-bond donors (Lipinski definition) is 1.